The van der Waals surface area contributed by atoms with Crippen molar-refractivity contribution in [2.24, 2.45) is 5.41 Å². The monoisotopic (exact) mass is 323 g/mol. The largest absolute Gasteiger partial charge is 0.296 e. The van der Waals surface area contributed by atoms with Crippen molar-refractivity contribution in [3.05, 3.63) is 34.3 Å². The standard InChI is InChI=1S/C16H22BrNO/c1-3-16(2)8-10-18(11-9-16)12-15(19)13-6-4-5-7-14(13)17/h4-7H,3,8-12H2,1-2H3. The Kier molecular flexibility index (Phi) is 4.80. The number of rotatable bonds is 4. The van der Waals surface area contributed by atoms with Gasteiger partial charge in [0.25, 0.3) is 0 Å². The van der Waals surface area contributed by atoms with Gasteiger partial charge in [-0.1, -0.05) is 54.4 Å². The van der Waals surface area contributed by atoms with Crippen molar-refractivity contribution in [3.63, 3.8) is 0 Å². The second kappa shape index (κ2) is 6.19. The van der Waals surface area contributed by atoms with E-state index in [0.29, 0.717) is 12.0 Å². The van der Waals surface area contributed by atoms with Crippen LogP contribution in [0.25, 0.3) is 0 Å². The van der Waals surface area contributed by atoms with E-state index in [2.05, 4.69) is 34.7 Å². The maximum atomic E-state index is 12.3. The summed E-state index contributed by atoms with van der Waals surface area (Å²) in [5.41, 5.74) is 1.28. The van der Waals surface area contributed by atoms with E-state index in [4.69, 9.17) is 0 Å². The first-order valence-corrected chi connectivity index (χ1v) is 7.83. The number of hydrogen-bond acceptors (Lipinski definition) is 2. The lowest BCUT2D eigenvalue weighted by molar-refractivity contribution is 0.0812. The first-order chi connectivity index (χ1) is 9.04. The van der Waals surface area contributed by atoms with E-state index in [1.165, 1.54) is 19.3 Å². The fraction of sp³-hybridized carbons (Fsp3) is 0.562. The smallest absolute Gasteiger partial charge is 0.177 e. The van der Waals surface area contributed by atoms with Crippen molar-refractivity contribution < 1.29 is 4.79 Å². The van der Waals surface area contributed by atoms with Gasteiger partial charge >= 0.3 is 0 Å². The quantitative estimate of drug-likeness (QED) is 0.776. The van der Waals surface area contributed by atoms with Gasteiger partial charge in [-0.3, -0.25) is 9.69 Å². The summed E-state index contributed by atoms with van der Waals surface area (Å²) in [6.45, 7) is 7.26. The topological polar surface area (TPSA) is 20.3 Å². The number of carbonyl (C=O) groups is 1. The van der Waals surface area contributed by atoms with E-state index in [1.807, 2.05) is 24.3 Å². The fourth-order valence-electron chi connectivity index (χ4n) is 2.58. The third-order valence-corrected chi connectivity index (χ3v) is 5.15. The first kappa shape index (κ1) is 14.7. The summed E-state index contributed by atoms with van der Waals surface area (Å²) in [5, 5.41) is 0. The van der Waals surface area contributed by atoms with Gasteiger partial charge in [-0.25, -0.2) is 0 Å². The van der Waals surface area contributed by atoms with Crippen molar-refractivity contribution in [1.82, 2.24) is 4.90 Å². The lowest BCUT2D eigenvalue weighted by Crippen LogP contribution is -2.41. The van der Waals surface area contributed by atoms with Crippen LogP contribution in [0.5, 0.6) is 0 Å². The lowest BCUT2D eigenvalue weighted by Gasteiger charge is -2.38. The highest BCUT2D eigenvalue weighted by molar-refractivity contribution is 9.10. The Bertz CT molecular complexity index is 450. The Hall–Kier alpha value is -0.670. The molecule has 2 rings (SSSR count). The van der Waals surface area contributed by atoms with Crippen molar-refractivity contribution in [1.29, 1.82) is 0 Å². The summed E-state index contributed by atoms with van der Waals surface area (Å²) in [6.07, 6.45) is 3.64. The number of carbonyl (C=O) groups excluding carboxylic acids is 1. The van der Waals surface area contributed by atoms with Gasteiger partial charge in [0.1, 0.15) is 0 Å². The van der Waals surface area contributed by atoms with Crippen LogP contribution in [0.2, 0.25) is 0 Å². The third kappa shape index (κ3) is 3.67. The zero-order chi connectivity index (χ0) is 13.9. The number of halogens is 1. The molecule has 0 saturated carbocycles. The highest BCUT2D eigenvalue weighted by Gasteiger charge is 2.29. The molecule has 0 N–H and O–H groups in total. The molecule has 19 heavy (non-hydrogen) atoms. The molecule has 0 aliphatic carbocycles. The number of ketones is 1. The molecule has 1 aliphatic rings. The molecule has 1 heterocycles. The fourth-order valence-corrected chi connectivity index (χ4v) is 3.09. The van der Waals surface area contributed by atoms with Gasteiger partial charge in [0.05, 0.1) is 6.54 Å². The van der Waals surface area contributed by atoms with Gasteiger partial charge in [0, 0.05) is 10.0 Å². The van der Waals surface area contributed by atoms with Crippen LogP contribution in [-0.4, -0.2) is 30.3 Å². The van der Waals surface area contributed by atoms with E-state index >= 15 is 0 Å². The second-order valence-electron chi connectivity index (χ2n) is 5.84. The van der Waals surface area contributed by atoms with Crippen LogP contribution in [-0.2, 0) is 0 Å². The number of nitrogens with zero attached hydrogens (tertiary/aromatic N) is 1. The van der Waals surface area contributed by atoms with Crippen molar-refractivity contribution in [2.75, 3.05) is 19.6 Å². The molecule has 0 aromatic heterocycles. The molecule has 0 spiro atoms. The van der Waals surface area contributed by atoms with Crippen LogP contribution in [0.1, 0.15) is 43.5 Å². The number of hydrogen-bond donors (Lipinski definition) is 0. The minimum Gasteiger partial charge on any atom is -0.296 e. The maximum Gasteiger partial charge on any atom is 0.177 e. The predicted octanol–water partition coefficient (Wildman–Crippen LogP) is 4.14. The summed E-state index contributed by atoms with van der Waals surface area (Å²) >= 11 is 3.45. The Morgan fingerprint density at radius 2 is 1.95 bits per heavy atom. The van der Waals surface area contributed by atoms with Gasteiger partial charge in [0.2, 0.25) is 0 Å². The molecule has 0 unspecified atom stereocenters. The lowest BCUT2D eigenvalue weighted by atomic mass is 9.78. The Labute approximate surface area is 124 Å². The van der Waals surface area contributed by atoms with E-state index in [0.717, 1.165) is 23.1 Å². The van der Waals surface area contributed by atoms with Crippen molar-refractivity contribution in [3.8, 4) is 0 Å². The number of likely N-dealkylation sites (tertiary alicyclic amines) is 1. The minimum atomic E-state index is 0.215. The molecule has 1 saturated heterocycles. The Morgan fingerprint density at radius 3 is 2.53 bits per heavy atom. The number of Topliss-reactive ketones (excluding diaryl/α,β-unsaturated/α-hetero) is 1. The van der Waals surface area contributed by atoms with E-state index in [1.54, 1.807) is 0 Å². The Morgan fingerprint density at radius 1 is 1.32 bits per heavy atom. The SMILES string of the molecule is CCC1(C)CCN(CC(=O)c2ccccc2Br)CC1. The molecule has 0 radical (unpaired) electrons. The van der Waals surface area contributed by atoms with Gasteiger partial charge in [-0.05, 0) is 37.4 Å². The van der Waals surface area contributed by atoms with Crippen molar-refractivity contribution in [2.45, 2.75) is 33.1 Å². The molecule has 104 valence electrons. The third-order valence-electron chi connectivity index (χ3n) is 4.46. The number of benzene rings is 1. The molecule has 1 fully saturated rings. The summed E-state index contributed by atoms with van der Waals surface area (Å²) < 4.78 is 0.899. The highest BCUT2D eigenvalue weighted by Crippen LogP contribution is 2.33. The second-order valence-corrected chi connectivity index (χ2v) is 6.70. The van der Waals surface area contributed by atoms with Crippen LogP contribution in [0.3, 0.4) is 0 Å². The van der Waals surface area contributed by atoms with Crippen LogP contribution < -0.4 is 0 Å². The van der Waals surface area contributed by atoms with Crippen LogP contribution >= 0.6 is 15.9 Å². The summed E-state index contributed by atoms with van der Waals surface area (Å²) in [7, 11) is 0. The average molecular weight is 324 g/mol. The van der Waals surface area contributed by atoms with Gasteiger partial charge in [-0.15, -0.1) is 0 Å². The molecule has 0 atom stereocenters. The molecule has 1 aromatic carbocycles. The van der Waals surface area contributed by atoms with Crippen LogP contribution in [0, 0.1) is 5.41 Å². The van der Waals surface area contributed by atoms with Crippen LogP contribution in [0.4, 0.5) is 0 Å². The van der Waals surface area contributed by atoms with Gasteiger partial charge < -0.3 is 0 Å². The zero-order valence-electron chi connectivity index (χ0n) is 11.8. The molecular formula is C16H22BrNO. The van der Waals surface area contributed by atoms with Crippen LogP contribution in [0.15, 0.2) is 28.7 Å². The Balaban J connectivity index is 1.93. The molecule has 0 bridgehead atoms. The predicted molar refractivity (Wildman–Crippen MR) is 82.5 cm³/mol. The molecule has 1 aliphatic heterocycles. The van der Waals surface area contributed by atoms with Gasteiger partial charge in [-0.2, -0.15) is 0 Å². The maximum absolute atomic E-state index is 12.3. The zero-order valence-corrected chi connectivity index (χ0v) is 13.4. The van der Waals surface area contributed by atoms with E-state index in [9.17, 15) is 4.79 Å². The molecule has 2 nitrogen and oxygen atoms in total. The summed E-state index contributed by atoms with van der Waals surface area (Å²) in [5.74, 6) is 0.215. The molecule has 3 heteroatoms. The normalized spacial score (nSPS) is 19.3. The van der Waals surface area contributed by atoms with Gasteiger partial charge in [0.15, 0.2) is 5.78 Å². The highest BCUT2D eigenvalue weighted by atomic mass is 79.9. The average Bonchev–Trinajstić information content (AvgIpc) is 2.42. The molecule has 1 aromatic rings. The summed E-state index contributed by atoms with van der Waals surface area (Å²) in [6, 6.07) is 7.68. The minimum absolute atomic E-state index is 0.215. The number of piperidine rings is 1. The molecular weight excluding hydrogens is 302 g/mol. The van der Waals surface area contributed by atoms with E-state index in [-0.39, 0.29) is 5.78 Å². The van der Waals surface area contributed by atoms with Crippen molar-refractivity contribution >= 4 is 21.7 Å². The molecule has 0 amide bonds. The summed E-state index contributed by atoms with van der Waals surface area (Å²) in [4.78, 5) is 14.6. The van der Waals surface area contributed by atoms with E-state index < -0.39 is 0 Å². The first-order valence-electron chi connectivity index (χ1n) is 7.04.